The van der Waals surface area contributed by atoms with E-state index in [-0.39, 0.29) is 15.6 Å². The number of benzene rings is 1. The molecule has 0 bridgehead atoms. The van der Waals surface area contributed by atoms with E-state index < -0.39 is 16.0 Å². The Hall–Kier alpha value is -1.97. The lowest BCUT2D eigenvalue weighted by Gasteiger charge is -2.06. The fourth-order valence-corrected chi connectivity index (χ4v) is 3.66. The predicted octanol–water partition coefficient (Wildman–Crippen LogP) is 1.70. The van der Waals surface area contributed by atoms with Gasteiger partial charge in [0.1, 0.15) is 0 Å². The molecule has 22 heavy (non-hydrogen) atoms. The highest BCUT2D eigenvalue weighted by Gasteiger charge is 2.17. The van der Waals surface area contributed by atoms with Crippen molar-refractivity contribution in [1.82, 2.24) is 9.88 Å². The molecule has 0 aliphatic carbocycles. The number of rotatable bonds is 6. The van der Waals surface area contributed by atoms with E-state index in [2.05, 4.69) is 9.71 Å². The van der Waals surface area contributed by atoms with Gasteiger partial charge >= 0.3 is 5.97 Å². The summed E-state index contributed by atoms with van der Waals surface area (Å²) in [4.78, 5) is 16.9. The molecule has 0 saturated carbocycles. The van der Waals surface area contributed by atoms with Crippen molar-refractivity contribution in [3.05, 3.63) is 40.9 Å². The van der Waals surface area contributed by atoms with E-state index in [1.54, 1.807) is 5.38 Å². The van der Waals surface area contributed by atoms with Crippen molar-refractivity contribution in [2.75, 3.05) is 18.8 Å². The summed E-state index contributed by atoms with van der Waals surface area (Å²) < 4.78 is 26.8. The van der Waals surface area contributed by atoms with Gasteiger partial charge in [-0.3, -0.25) is 4.72 Å². The number of carboxylic acid groups (broad SMARTS) is 1. The molecule has 0 radical (unpaired) electrons. The zero-order chi connectivity index (χ0) is 16.3. The summed E-state index contributed by atoms with van der Waals surface area (Å²) in [7, 11) is 0.0125. The molecule has 0 spiro atoms. The van der Waals surface area contributed by atoms with Crippen LogP contribution in [0, 0.1) is 0 Å². The van der Waals surface area contributed by atoms with Crippen LogP contribution in [0.1, 0.15) is 16.1 Å². The van der Waals surface area contributed by atoms with Crippen molar-refractivity contribution in [2.45, 2.75) is 11.4 Å². The molecule has 0 atom stereocenters. The third kappa shape index (κ3) is 4.03. The normalized spacial score (nSPS) is 11.6. The van der Waals surface area contributed by atoms with Gasteiger partial charge in [-0.15, -0.1) is 11.3 Å². The third-order valence-corrected chi connectivity index (χ3v) is 4.95. The zero-order valence-electron chi connectivity index (χ0n) is 12.0. The van der Waals surface area contributed by atoms with Crippen LogP contribution in [-0.2, 0) is 16.6 Å². The Morgan fingerprint density at radius 2 is 1.95 bits per heavy atom. The maximum atomic E-state index is 12.2. The first kappa shape index (κ1) is 16.4. The Morgan fingerprint density at radius 1 is 1.32 bits per heavy atom. The summed E-state index contributed by atoms with van der Waals surface area (Å²) in [5.41, 5.74) is 0.801. The van der Waals surface area contributed by atoms with Gasteiger partial charge in [-0.1, -0.05) is 0 Å². The Kier molecular flexibility index (Phi) is 4.79. The minimum absolute atomic E-state index is 0.0122. The Morgan fingerprint density at radius 3 is 2.50 bits per heavy atom. The minimum atomic E-state index is -3.78. The molecule has 0 aliphatic heterocycles. The van der Waals surface area contributed by atoms with Crippen molar-refractivity contribution in [3.8, 4) is 0 Å². The Labute approximate surface area is 132 Å². The first-order valence-electron chi connectivity index (χ1n) is 6.23. The van der Waals surface area contributed by atoms with Crippen LogP contribution in [-0.4, -0.2) is 43.5 Å². The van der Waals surface area contributed by atoms with Gasteiger partial charge < -0.3 is 10.0 Å². The van der Waals surface area contributed by atoms with E-state index in [0.717, 1.165) is 5.69 Å². The number of anilines is 1. The highest BCUT2D eigenvalue weighted by atomic mass is 32.2. The van der Waals surface area contributed by atoms with Crippen LogP contribution in [0.5, 0.6) is 0 Å². The first-order chi connectivity index (χ1) is 10.3. The molecule has 0 saturated heterocycles. The van der Waals surface area contributed by atoms with E-state index >= 15 is 0 Å². The molecule has 9 heteroatoms. The number of nitrogens with zero attached hydrogens (tertiary/aromatic N) is 2. The summed E-state index contributed by atoms with van der Waals surface area (Å²) >= 11 is 1.20. The van der Waals surface area contributed by atoms with Crippen LogP contribution in [0.4, 0.5) is 5.13 Å². The van der Waals surface area contributed by atoms with Crippen LogP contribution < -0.4 is 4.72 Å². The quantitative estimate of drug-likeness (QED) is 0.830. The van der Waals surface area contributed by atoms with Crippen LogP contribution in [0.3, 0.4) is 0 Å². The lowest BCUT2D eigenvalue weighted by Crippen LogP contribution is -2.14. The van der Waals surface area contributed by atoms with Gasteiger partial charge in [0, 0.05) is 11.9 Å². The van der Waals surface area contributed by atoms with Gasteiger partial charge in [0.2, 0.25) is 0 Å². The molecule has 0 amide bonds. The Balaban J connectivity index is 2.16. The fraction of sp³-hybridized carbons (Fsp3) is 0.231. The number of nitrogens with one attached hydrogen (secondary N) is 1. The van der Waals surface area contributed by atoms with Crippen LogP contribution in [0.25, 0.3) is 0 Å². The summed E-state index contributed by atoms with van der Waals surface area (Å²) in [5.74, 6) is -1.11. The maximum Gasteiger partial charge on any atom is 0.335 e. The van der Waals surface area contributed by atoms with Gasteiger partial charge in [-0.25, -0.2) is 18.2 Å². The standard InChI is InChI=1S/C13H15N3O4S2/c1-16(2)7-10-8-21-13(14-10)15-22(19,20)11-5-3-9(4-6-11)12(17)18/h3-6,8H,7H2,1-2H3,(H,14,15)(H,17,18). The molecule has 1 aromatic heterocycles. The first-order valence-corrected chi connectivity index (χ1v) is 8.59. The molecule has 118 valence electrons. The van der Waals surface area contributed by atoms with Crippen LogP contribution >= 0.6 is 11.3 Å². The average molecular weight is 341 g/mol. The minimum Gasteiger partial charge on any atom is -0.478 e. The maximum absolute atomic E-state index is 12.2. The summed E-state index contributed by atoms with van der Waals surface area (Å²) in [6.45, 7) is 0.617. The zero-order valence-corrected chi connectivity index (χ0v) is 13.6. The molecular weight excluding hydrogens is 326 g/mol. The van der Waals surface area contributed by atoms with Crippen molar-refractivity contribution in [2.24, 2.45) is 0 Å². The number of hydrogen-bond donors (Lipinski definition) is 2. The number of sulfonamides is 1. The molecule has 1 heterocycles. The van der Waals surface area contributed by atoms with Gasteiger partial charge in [0.25, 0.3) is 10.0 Å². The number of thiazole rings is 1. The predicted molar refractivity (Wildman–Crippen MR) is 83.7 cm³/mol. The van der Waals surface area contributed by atoms with Crippen molar-refractivity contribution < 1.29 is 18.3 Å². The fourth-order valence-electron chi connectivity index (χ4n) is 1.70. The second kappa shape index (κ2) is 6.42. The van der Waals surface area contributed by atoms with Crippen LogP contribution in [0.2, 0.25) is 0 Å². The summed E-state index contributed by atoms with van der Waals surface area (Å²) in [5, 5.41) is 10.9. The number of carbonyl (C=O) groups is 1. The number of carboxylic acids is 1. The second-order valence-corrected chi connectivity index (χ2v) is 7.36. The SMILES string of the molecule is CN(C)Cc1csc(NS(=O)(=O)c2ccc(C(=O)O)cc2)n1. The topological polar surface area (TPSA) is 99.6 Å². The van der Waals surface area contributed by atoms with Crippen molar-refractivity contribution >= 4 is 32.5 Å². The van der Waals surface area contributed by atoms with Gasteiger partial charge in [0.05, 0.1) is 16.2 Å². The Bertz CT molecular complexity index is 767. The number of aromatic carboxylic acids is 1. The lowest BCUT2D eigenvalue weighted by molar-refractivity contribution is 0.0696. The summed E-state index contributed by atoms with van der Waals surface area (Å²) in [6.07, 6.45) is 0. The van der Waals surface area contributed by atoms with E-state index in [9.17, 15) is 13.2 Å². The molecular formula is C13H15N3O4S2. The molecule has 2 aromatic rings. The van der Waals surface area contributed by atoms with E-state index in [4.69, 9.17) is 5.11 Å². The van der Waals surface area contributed by atoms with Gasteiger partial charge in [0.15, 0.2) is 5.13 Å². The van der Waals surface area contributed by atoms with Gasteiger partial charge in [-0.05, 0) is 38.4 Å². The smallest absolute Gasteiger partial charge is 0.335 e. The monoisotopic (exact) mass is 341 g/mol. The lowest BCUT2D eigenvalue weighted by atomic mass is 10.2. The van der Waals surface area contributed by atoms with Gasteiger partial charge in [-0.2, -0.15) is 0 Å². The number of aromatic nitrogens is 1. The summed E-state index contributed by atoms with van der Waals surface area (Å²) in [6, 6.07) is 4.99. The highest BCUT2D eigenvalue weighted by molar-refractivity contribution is 7.93. The molecule has 2 N–H and O–H groups in total. The van der Waals surface area contributed by atoms with E-state index in [1.807, 2.05) is 19.0 Å². The van der Waals surface area contributed by atoms with E-state index in [0.29, 0.717) is 6.54 Å². The average Bonchev–Trinajstić information content (AvgIpc) is 2.84. The highest BCUT2D eigenvalue weighted by Crippen LogP contribution is 2.21. The second-order valence-electron chi connectivity index (χ2n) is 4.82. The van der Waals surface area contributed by atoms with Crippen molar-refractivity contribution in [1.29, 1.82) is 0 Å². The molecule has 0 unspecified atom stereocenters. The molecule has 0 aliphatic rings. The largest absolute Gasteiger partial charge is 0.478 e. The molecule has 2 rings (SSSR count). The third-order valence-electron chi connectivity index (χ3n) is 2.66. The number of hydrogen-bond acceptors (Lipinski definition) is 6. The molecule has 1 aromatic carbocycles. The van der Waals surface area contributed by atoms with E-state index in [1.165, 1.54) is 35.6 Å². The molecule has 0 fully saturated rings. The van der Waals surface area contributed by atoms with Crippen molar-refractivity contribution in [3.63, 3.8) is 0 Å². The van der Waals surface area contributed by atoms with Crippen LogP contribution in [0.15, 0.2) is 34.5 Å². The molecule has 7 nitrogen and oxygen atoms in total.